The first kappa shape index (κ1) is 25.7. The number of fused-ring (bicyclic) bond motifs is 1. The maximum absolute atomic E-state index is 15.7. The van der Waals surface area contributed by atoms with Crippen LogP contribution in [-0.2, 0) is 22.5 Å². The number of halogens is 1. The van der Waals surface area contributed by atoms with Crippen molar-refractivity contribution in [2.75, 3.05) is 38.3 Å². The second kappa shape index (κ2) is 10.7. The maximum atomic E-state index is 15.7. The Morgan fingerprint density at radius 1 is 1.40 bits per heavy atom. The van der Waals surface area contributed by atoms with E-state index in [1.165, 1.54) is 0 Å². The first-order chi connectivity index (χ1) is 16.7. The van der Waals surface area contributed by atoms with E-state index >= 15 is 4.11 Å². The summed E-state index contributed by atoms with van der Waals surface area (Å²) in [5, 5.41) is 20.4. The lowest BCUT2D eigenvalue weighted by atomic mass is 9.86. The van der Waals surface area contributed by atoms with Crippen LogP contribution < -0.4 is 15.0 Å². The van der Waals surface area contributed by atoms with Crippen molar-refractivity contribution in [1.82, 2.24) is 20.3 Å². The van der Waals surface area contributed by atoms with E-state index in [-0.39, 0.29) is 36.2 Å². The Labute approximate surface area is 206 Å². The molecule has 1 aromatic heterocycles. The van der Waals surface area contributed by atoms with Crippen LogP contribution in [0, 0.1) is 5.92 Å². The SMILES string of the molecule is CO[C@H]1c2cc(N3CCNCC3=O)ccc2O[C@@H](C(CCn2cc(CCO)nn2)[Si](C)(C)F)[C@@H]1C. The summed E-state index contributed by atoms with van der Waals surface area (Å²) in [5.41, 5.74) is 2.15. The number of aliphatic hydroxyl groups is 1. The Morgan fingerprint density at radius 3 is 2.89 bits per heavy atom. The number of nitrogens with one attached hydrogen (secondary N) is 1. The van der Waals surface area contributed by atoms with E-state index in [0.717, 1.165) is 23.5 Å². The molecule has 1 aromatic carbocycles. The highest BCUT2D eigenvalue weighted by Gasteiger charge is 2.47. The molecule has 9 nitrogen and oxygen atoms in total. The Morgan fingerprint density at radius 2 is 2.20 bits per heavy atom. The van der Waals surface area contributed by atoms with Gasteiger partial charge in [0.1, 0.15) is 11.9 Å². The minimum atomic E-state index is -3.13. The summed E-state index contributed by atoms with van der Waals surface area (Å²) < 4.78 is 29.8. The fourth-order valence-corrected chi connectivity index (χ4v) is 7.23. The monoisotopic (exact) mass is 505 g/mol. The zero-order valence-corrected chi connectivity index (χ0v) is 21.9. The van der Waals surface area contributed by atoms with Crippen molar-refractivity contribution in [3.05, 3.63) is 35.7 Å². The third-order valence-electron chi connectivity index (χ3n) is 7.12. The summed E-state index contributed by atoms with van der Waals surface area (Å²) in [6, 6.07) is 5.75. The van der Waals surface area contributed by atoms with E-state index in [4.69, 9.17) is 14.6 Å². The molecule has 4 atom stereocenters. The van der Waals surface area contributed by atoms with E-state index in [2.05, 4.69) is 15.6 Å². The zero-order chi connectivity index (χ0) is 25.2. The van der Waals surface area contributed by atoms with Crippen LogP contribution in [0.2, 0.25) is 18.6 Å². The summed E-state index contributed by atoms with van der Waals surface area (Å²) in [6.45, 7) is 7.71. The Bertz CT molecular complexity index is 1030. The zero-order valence-electron chi connectivity index (χ0n) is 20.9. The second-order valence-corrected chi connectivity index (χ2v) is 13.8. The number of aryl methyl sites for hydroxylation is 1. The fraction of sp³-hybridized carbons (Fsp3) is 0.625. The average molecular weight is 506 g/mol. The number of carbonyl (C=O) groups excluding carboxylic acids is 1. The smallest absolute Gasteiger partial charge is 0.247 e. The van der Waals surface area contributed by atoms with E-state index in [0.29, 0.717) is 38.2 Å². The van der Waals surface area contributed by atoms with E-state index in [1.54, 1.807) is 36.0 Å². The maximum Gasteiger partial charge on any atom is 0.247 e. The summed E-state index contributed by atoms with van der Waals surface area (Å²) >= 11 is 0. The van der Waals surface area contributed by atoms with Gasteiger partial charge in [-0.15, -0.1) is 5.10 Å². The van der Waals surface area contributed by atoms with Crippen LogP contribution in [0.25, 0.3) is 0 Å². The third-order valence-corrected chi connectivity index (χ3v) is 9.50. The number of aromatic nitrogens is 3. The number of benzene rings is 1. The van der Waals surface area contributed by atoms with Crippen LogP contribution in [0.5, 0.6) is 5.75 Å². The lowest BCUT2D eigenvalue weighted by Crippen LogP contribution is -2.48. The molecule has 192 valence electrons. The molecule has 11 heteroatoms. The average Bonchev–Trinajstić information content (AvgIpc) is 3.26. The predicted octanol–water partition coefficient (Wildman–Crippen LogP) is 2.47. The lowest BCUT2D eigenvalue weighted by Gasteiger charge is -2.43. The highest BCUT2D eigenvalue weighted by Crippen LogP contribution is 2.48. The Hall–Kier alpha value is -2.34. The lowest BCUT2D eigenvalue weighted by molar-refractivity contribution is -0.118. The minimum absolute atomic E-state index is 0.0154. The number of carbonyl (C=O) groups is 1. The second-order valence-electron chi connectivity index (χ2n) is 9.95. The van der Waals surface area contributed by atoms with Crippen LogP contribution >= 0.6 is 0 Å². The molecule has 0 bridgehead atoms. The molecule has 0 spiro atoms. The van der Waals surface area contributed by atoms with Gasteiger partial charge in [-0.25, -0.2) is 0 Å². The number of aliphatic hydroxyl groups excluding tert-OH is 1. The van der Waals surface area contributed by atoms with Gasteiger partial charge in [0, 0.05) is 68.7 Å². The molecule has 1 fully saturated rings. The highest BCUT2D eigenvalue weighted by molar-refractivity contribution is 6.72. The van der Waals surface area contributed by atoms with Crippen molar-refractivity contribution in [2.24, 2.45) is 5.92 Å². The van der Waals surface area contributed by atoms with Crippen LogP contribution in [0.15, 0.2) is 24.4 Å². The number of amides is 1. The van der Waals surface area contributed by atoms with Crippen molar-refractivity contribution in [3.8, 4) is 5.75 Å². The van der Waals surface area contributed by atoms with Crippen molar-refractivity contribution in [3.63, 3.8) is 0 Å². The number of rotatable bonds is 9. The standard InChI is InChI=1S/C24H36FN5O4Si/c1-16-23(33-2)19-13-18(30-11-9-26-14-22(30)32)5-6-20(19)34-24(16)21(35(3,4)25)7-10-29-15-17(8-12-31)27-28-29/h5-6,13,15-16,21,23-24,26,31H,7-12,14H2,1-4H3/t16-,21?,23-,24-/m1/s1. The summed E-state index contributed by atoms with van der Waals surface area (Å²) in [4.78, 5) is 14.2. The van der Waals surface area contributed by atoms with Gasteiger partial charge in [0.15, 0.2) is 0 Å². The molecule has 1 unspecified atom stereocenters. The van der Waals surface area contributed by atoms with Gasteiger partial charge in [0.25, 0.3) is 0 Å². The molecule has 1 saturated heterocycles. The van der Waals surface area contributed by atoms with Gasteiger partial charge in [-0.2, -0.15) is 0 Å². The van der Waals surface area contributed by atoms with Crippen LogP contribution in [0.1, 0.15) is 30.7 Å². The summed E-state index contributed by atoms with van der Waals surface area (Å²) in [5.74, 6) is 0.628. The first-order valence-corrected chi connectivity index (χ1v) is 15.2. The number of anilines is 1. The third kappa shape index (κ3) is 5.58. The largest absolute Gasteiger partial charge is 0.490 e. The van der Waals surface area contributed by atoms with Gasteiger partial charge in [0.05, 0.1) is 18.3 Å². The van der Waals surface area contributed by atoms with Crippen molar-refractivity contribution in [2.45, 2.75) is 57.2 Å². The molecule has 0 radical (unpaired) electrons. The molecule has 2 aliphatic rings. The summed E-state index contributed by atoms with van der Waals surface area (Å²) in [6.07, 6.45) is 2.18. The van der Waals surface area contributed by atoms with Crippen LogP contribution in [0.3, 0.4) is 0 Å². The molecular formula is C24H36FN5O4Si. The number of nitrogens with zero attached hydrogens (tertiary/aromatic N) is 4. The van der Waals surface area contributed by atoms with Crippen molar-refractivity contribution < 1.29 is 23.5 Å². The molecule has 1 amide bonds. The van der Waals surface area contributed by atoms with Gasteiger partial charge in [-0.3, -0.25) is 9.48 Å². The Balaban J connectivity index is 1.57. The van der Waals surface area contributed by atoms with Gasteiger partial charge >= 0.3 is 0 Å². The fourth-order valence-electron chi connectivity index (χ4n) is 5.26. The molecule has 3 heterocycles. The number of ether oxygens (including phenoxy) is 2. The topological polar surface area (TPSA) is 102 Å². The molecule has 2 aliphatic heterocycles. The number of hydrogen-bond donors (Lipinski definition) is 2. The number of hydrogen-bond acceptors (Lipinski definition) is 7. The minimum Gasteiger partial charge on any atom is -0.490 e. The van der Waals surface area contributed by atoms with Gasteiger partial charge in [0.2, 0.25) is 14.3 Å². The molecule has 35 heavy (non-hydrogen) atoms. The molecule has 0 aliphatic carbocycles. The van der Waals surface area contributed by atoms with E-state index in [1.807, 2.05) is 25.1 Å². The summed E-state index contributed by atoms with van der Waals surface area (Å²) in [7, 11) is -1.46. The quantitative estimate of drug-likeness (QED) is 0.399. The first-order valence-electron chi connectivity index (χ1n) is 12.3. The van der Waals surface area contributed by atoms with Crippen LogP contribution in [0.4, 0.5) is 9.80 Å². The molecule has 2 aromatic rings. The highest BCUT2D eigenvalue weighted by atomic mass is 28.4. The molecular weight excluding hydrogens is 469 g/mol. The van der Waals surface area contributed by atoms with Gasteiger partial charge < -0.3 is 28.9 Å². The van der Waals surface area contributed by atoms with E-state index < -0.39 is 8.41 Å². The Kier molecular flexibility index (Phi) is 7.89. The predicted molar refractivity (Wildman–Crippen MR) is 133 cm³/mol. The molecule has 2 N–H and O–H groups in total. The molecule has 0 saturated carbocycles. The van der Waals surface area contributed by atoms with Gasteiger partial charge in [-0.05, 0) is 37.7 Å². The number of piperazine rings is 1. The number of methoxy groups -OCH3 is 1. The normalized spacial score (nSPS) is 23.7. The van der Waals surface area contributed by atoms with Gasteiger partial charge in [-0.1, -0.05) is 12.1 Å². The van der Waals surface area contributed by atoms with Crippen molar-refractivity contribution in [1.29, 1.82) is 0 Å². The van der Waals surface area contributed by atoms with Crippen molar-refractivity contribution >= 4 is 20.0 Å². The van der Waals surface area contributed by atoms with Crippen LogP contribution in [-0.4, -0.2) is 73.9 Å². The van der Waals surface area contributed by atoms with E-state index in [9.17, 15) is 4.79 Å². The molecule has 4 rings (SSSR count).